The Morgan fingerprint density at radius 1 is 0.592 bits per heavy atom. The van der Waals surface area contributed by atoms with E-state index in [9.17, 15) is 29.4 Å². The maximum absolute atomic E-state index is 12.9. The molecule has 0 radical (unpaired) electrons. The molecule has 2 aromatic carbocycles. The zero-order valence-corrected chi connectivity index (χ0v) is 30.3. The molecule has 0 bridgehead atoms. The number of carbonyl (C=O) groups is 4. The summed E-state index contributed by atoms with van der Waals surface area (Å²) < 4.78 is 11.9. The van der Waals surface area contributed by atoms with E-state index in [-0.39, 0.29) is 50.1 Å². The van der Waals surface area contributed by atoms with Crippen molar-refractivity contribution in [2.24, 2.45) is 5.41 Å². The molecular weight excluding hydrogens is 624 g/mol. The van der Waals surface area contributed by atoms with Gasteiger partial charge in [0.25, 0.3) is 0 Å². The lowest BCUT2D eigenvalue weighted by Gasteiger charge is -2.56. The van der Waals surface area contributed by atoms with E-state index in [1.165, 1.54) is 0 Å². The molecule has 2 aromatic rings. The number of esters is 2. The summed E-state index contributed by atoms with van der Waals surface area (Å²) in [6.45, 7) is 16.7. The maximum atomic E-state index is 12.9. The summed E-state index contributed by atoms with van der Waals surface area (Å²) in [7, 11) is 0. The number of benzene rings is 2. The third-order valence-electron chi connectivity index (χ3n) is 10.7. The monoisotopic (exact) mass is 678 g/mol. The van der Waals surface area contributed by atoms with Crippen LogP contribution in [0.25, 0.3) is 0 Å². The summed E-state index contributed by atoms with van der Waals surface area (Å²) in [6, 6.07) is 17.7. The molecule has 0 aromatic heterocycles. The van der Waals surface area contributed by atoms with Crippen molar-refractivity contribution in [3.63, 3.8) is 0 Å². The molecule has 0 amide bonds. The SMILES string of the molecule is CC1(C)CC(OC(=O)c2ccccc2)CC(C)(C)N1CCC(CCN1C(C)(C)CC(OC(=O)c2ccccc2)CC1(C)C)(C(=O)O)C(=O)O. The second-order valence-electron chi connectivity index (χ2n) is 16.3. The first kappa shape index (κ1) is 38.0. The van der Waals surface area contributed by atoms with Crippen molar-refractivity contribution in [2.45, 2.75) is 128 Å². The summed E-state index contributed by atoms with van der Waals surface area (Å²) in [5.41, 5.74) is -3.07. The van der Waals surface area contributed by atoms with Gasteiger partial charge in [-0.2, -0.15) is 0 Å². The van der Waals surface area contributed by atoms with Crippen molar-refractivity contribution in [1.29, 1.82) is 0 Å². The topological polar surface area (TPSA) is 134 Å². The molecule has 2 saturated heterocycles. The fourth-order valence-electron chi connectivity index (χ4n) is 8.67. The van der Waals surface area contributed by atoms with Crippen LogP contribution in [0.2, 0.25) is 0 Å². The van der Waals surface area contributed by atoms with Crippen molar-refractivity contribution < 1.29 is 38.9 Å². The number of rotatable bonds is 12. The number of carbonyl (C=O) groups excluding carboxylic acids is 2. The average Bonchev–Trinajstić information content (AvgIpc) is 2.98. The van der Waals surface area contributed by atoms with Crippen molar-refractivity contribution in [1.82, 2.24) is 9.80 Å². The molecular formula is C39H54N2O8. The standard InChI is InChI=1S/C39H54N2O8/c1-35(2)23-29(48-31(42)27-15-11-9-12-16-27)24-36(3,4)40(35)21-19-39(33(44)45,34(46)47)20-22-41-37(5,6)25-30(26-38(41,7)8)49-32(43)28-17-13-10-14-18-28/h9-18,29-30H,19-26H2,1-8H3,(H,44,45)(H,46,47). The van der Waals surface area contributed by atoms with Crippen LogP contribution in [-0.2, 0) is 19.1 Å². The third kappa shape index (κ3) is 8.52. The van der Waals surface area contributed by atoms with Gasteiger partial charge < -0.3 is 19.7 Å². The van der Waals surface area contributed by atoms with Crippen LogP contribution in [0.3, 0.4) is 0 Å². The van der Waals surface area contributed by atoms with E-state index in [2.05, 4.69) is 9.80 Å². The number of hydrogen-bond acceptors (Lipinski definition) is 8. The normalized spacial score (nSPS) is 21.1. The Labute approximate surface area is 290 Å². The minimum absolute atomic E-state index is 0.0923. The predicted molar refractivity (Wildman–Crippen MR) is 186 cm³/mol. The minimum Gasteiger partial charge on any atom is -0.480 e. The molecule has 0 aliphatic carbocycles. The molecule has 0 saturated carbocycles. The summed E-state index contributed by atoms with van der Waals surface area (Å²) in [5, 5.41) is 21.1. The van der Waals surface area contributed by atoms with Gasteiger partial charge in [-0.3, -0.25) is 19.4 Å². The first-order valence-corrected chi connectivity index (χ1v) is 17.2. The summed E-state index contributed by atoms with van der Waals surface area (Å²) in [6.07, 6.45) is 1.20. The number of ether oxygens (including phenoxy) is 2. The molecule has 268 valence electrons. The number of aliphatic carboxylic acids is 2. The van der Waals surface area contributed by atoms with Gasteiger partial charge in [-0.15, -0.1) is 0 Å². The molecule has 2 aliphatic rings. The number of carboxylic acid groups (broad SMARTS) is 2. The van der Waals surface area contributed by atoms with Crippen molar-refractivity contribution in [3.05, 3.63) is 71.8 Å². The highest BCUT2D eigenvalue weighted by Crippen LogP contribution is 2.44. The molecule has 2 N–H and O–H groups in total. The Balaban J connectivity index is 1.46. The first-order chi connectivity index (χ1) is 22.7. The van der Waals surface area contributed by atoms with Crippen molar-refractivity contribution in [3.8, 4) is 0 Å². The number of nitrogens with zero attached hydrogens (tertiary/aromatic N) is 2. The van der Waals surface area contributed by atoms with Crippen LogP contribution in [0.1, 0.15) is 115 Å². The van der Waals surface area contributed by atoms with Crippen LogP contribution >= 0.6 is 0 Å². The quantitative estimate of drug-likeness (QED) is 0.185. The lowest BCUT2D eigenvalue weighted by Crippen LogP contribution is -2.64. The summed E-state index contributed by atoms with van der Waals surface area (Å²) >= 11 is 0. The van der Waals surface area contributed by atoms with Gasteiger partial charge in [-0.25, -0.2) is 9.59 Å². The Morgan fingerprint density at radius 3 is 1.14 bits per heavy atom. The predicted octanol–water partition coefficient (Wildman–Crippen LogP) is 6.68. The molecule has 0 unspecified atom stereocenters. The molecule has 2 aliphatic heterocycles. The van der Waals surface area contributed by atoms with Crippen molar-refractivity contribution >= 4 is 23.9 Å². The Hall–Kier alpha value is -3.76. The highest BCUT2D eigenvalue weighted by atomic mass is 16.5. The Morgan fingerprint density at radius 2 is 0.878 bits per heavy atom. The Bertz CT molecular complexity index is 1350. The van der Waals surface area contributed by atoms with Gasteiger partial charge in [0.15, 0.2) is 5.41 Å². The van der Waals surface area contributed by atoms with Gasteiger partial charge in [0.2, 0.25) is 0 Å². The largest absolute Gasteiger partial charge is 0.480 e. The fraction of sp³-hybridized carbons (Fsp3) is 0.590. The second kappa shape index (κ2) is 14.2. The minimum atomic E-state index is -2.02. The van der Waals surface area contributed by atoms with E-state index >= 15 is 0 Å². The number of hydrogen-bond donors (Lipinski definition) is 2. The van der Waals surface area contributed by atoms with E-state index in [4.69, 9.17) is 9.47 Å². The number of likely N-dealkylation sites (tertiary alicyclic amines) is 2. The van der Waals surface area contributed by atoms with Crippen LogP contribution in [0.5, 0.6) is 0 Å². The molecule has 0 spiro atoms. The zero-order chi connectivity index (χ0) is 36.4. The van der Waals surface area contributed by atoms with Crippen LogP contribution in [0, 0.1) is 5.41 Å². The second-order valence-corrected chi connectivity index (χ2v) is 16.3. The van der Waals surface area contributed by atoms with Gasteiger partial charge in [-0.05, 0) is 92.5 Å². The van der Waals surface area contributed by atoms with Crippen LogP contribution in [0.15, 0.2) is 60.7 Å². The molecule has 0 atom stereocenters. The molecule has 10 heteroatoms. The smallest absolute Gasteiger partial charge is 0.338 e. The number of piperidine rings is 2. The van der Waals surface area contributed by atoms with Gasteiger partial charge in [0.1, 0.15) is 12.2 Å². The molecule has 4 rings (SSSR count). The van der Waals surface area contributed by atoms with Crippen molar-refractivity contribution in [2.75, 3.05) is 13.1 Å². The van der Waals surface area contributed by atoms with Gasteiger partial charge in [0.05, 0.1) is 11.1 Å². The van der Waals surface area contributed by atoms with Crippen LogP contribution < -0.4 is 0 Å². The van der Waals surface area contributed by atoms with Gasteiger partial charge >= 0.3 is 23.9 Å². The molecule has 2 heterocycles. The van der Waals surface area contributed by atoms with Crippen LogP contribution in [0.4, 0.5) is 0 Å². The Kier molecular flexibility index (Phi) is 11.1. The van der Waals surface area contributed by atoms with E-state index in [0.717, 1.165) is 0 Å². The summed E-state index contributed by atoms with van der Waals surface area (Å²) in [4.78, 5) is 55.9. The molecule has 49 heavy (non-hydrogen) atoms. The molecule has 10 nitrogen and oxygen atoms in total. The van der Waals surface area contributed by atoms with Crippen LogP contribution in [-0.4, -0.2) is 91.3 Å². The van der Waals surface area contributed by atoms with E-state index in [1.54, 1.807) is 48.5 Å². The average molecular weight is 679 g/mol. The summed E-state index contributed by atoms with van der Waals surface area (Å²) in [5.74, 6) is -3.48. The molecule has 2 fully saturated rings. The van der Waals surface area contributed by atoms with E-state index in [0.29, 0.717) is 36.8 Å². The first-order valence-electron chi connectivity index (χ1n) is 17.2. The van der Waals surface area contributed by atoms with E-state index in [1.807, 2.05) is 67.5 Å². The highest BCUT2D eigenvalue weighted by Gasteiger charge is 2.53. The highest BCUT2D eigenvalue weighted by molar-refractivity contribution is 5.98. The van der Waals surface area contributed by atoms with Gasteiger partial charge in [-0.1, -0.05) is 36.4 Å². The maximum Gasteiger partial charge on any atom is 0.338 e. The number of carboxylic acids is 2. The van der Waals surface area contributed by atoms with Gasteiger partial charge in [0, 0.05) is 60.9 Å². The lowest BCUT2D eigenvalue weighted by molar-refractivity contribution is -0.170. The zero-order valence-electron chi connectivity index (χ0n) is 30.3. The van der Waals surface area contributed by atoms with E-state index < -0.39 is 39.5 Å². The lowest BCUT2D eigenvalue weighted by atomic mass is 9.74. The fourth-order valence-corrected chi connectivity index (χ4v) is 8.67. The third-order valence-corrected chi connectivity index (χ3v) is 10.7.